The monoisotopic (exact) mass is 401 g/mol. The normalized spacial score (nSPS) is 20.5. The fourth-order valence-corrected chi connectivity index (χ4v) is 3.33. The fraction of sp³-hybridized carbons (Fsp3) is 0.316. The smallest absolute Gasteiger partial charge is 0.243 e. The van der Waals surface area contributed by atoms with Gasteiger partial charge in [0.25, 0.3) is 0 Å². The van der Waals surface area contributed by atoms with Crippen molar-refractivity contribution in [3.8, 4) is 0 Å². The first kappa shape index (κ1) is 17.8. The van der Waals surface area contributed by atoms with Crippen LogP contribution in [0.1, 0.15) is 24.1 Å². The van der Waals surface area contributed by atoms with Gasteiger partial charge in [-0.25, -0.2) is 5.43 Å². The summed E-state index contributed by atoms with van der Waals surface area (Å²) in [7, 11) is 0. The number of pyridine rings is 1. The van der Waals surface area contributed by atoms with Crippen molar-refractivity contribution in [2.45, 2.75) is 19.4 Å². The topological polar surface area (TPSA) is 58.8 Å². The van der Waals surface area contributed by atoms with E-state index in [-0.39, 0.29) is 11.8 Å². The summed E-state index contributed by atoms with van der Waals surface area (Å²) in [4.78, 5) is 17.9. The highest BCUT2D eigenvalue weighted by Crippen LogP contribution is 2.12. The minimum absolute atomic E-state index is 0.00914. The Kier molecular flexibility index (Phi) is 6.30. The second-order valence-corrected chi connectivity index (χ2v) is 7.23. The van der Waals surface area contributed by atoms with Crippen molar-refractivity contribution in [3.05, 3.63) is 64.4 Å². The van der Waals surface area contributed by atoms with Gasteiger partial charge in [0.05, 0.1) is 30.9 Å². The largest absolute Gasteiger partial charge is 0.331 e. The van der Waals surface area contributed by atoms with Crippen LogP contribution < -0.4 is 10.3 Å². The molecule has 1 aliphatic rings. The second kappa shape index (κ2) is 8.87. The van der Waals surface area contributed by atoms with E-state index >= 15 is 0 Å². The first-order valence-electron chi connectivity index (χ1n) is 8.52. The molecule has 1 saturated heterocycles. The predicted octanol–water partition coefficient (Wildman–Crippen LogP) is 1.79. The van der Waals surface area contributed by atoms with Crippen LogP contribution >= 0.6 is 15.9 Å². The maximum Gasteiger partial charge on any atom is 0.243 e. The molecule has 1 aliphatic heterocycles. The van der Waals surface area contributed by atoms with E-state index in [4.69, 9.17) is 0 Å². The van der Waals surface area contributed by atoms with Crippen LogP contribution in [-0.2, 0) is 11.3 Å². The Morgan fingerprint density at radius 1 is 1.24 bits per heavy atom. The van der Waals surface area contributed by atoms with Crippen molar-refractivity contribution < 1.29 is 9.69 Å². The van der Waals surface area contributed by atoms with Crippen LogP contribution in [0.2, 0.25) is 0 Å². The molecule has 1 aromatic carbocycles. The number of carbonyl (C=O) groups is 1. The van der Waals surface area contributed by atoms with Crippen molar-refractivity contribution in [2.24, 2.45) is 11.0 Å². The van der Waals surface area contributed by atoms with Gasteiger partial charge < -0.3 is 4.90 Å². The van der Waals surface area contributed by atoms with E-state index in [2.05, 4.69) is 55.7 Å². The van der Waals surface area contributed by atoms with E-state index in [1.807, 2.05) is 18.2 Å². The number of nitrogens with one attached hydrogen (secondary N) is 2. The number of hydrogen-bond donors (Lipinski definition) is 2. The summed E-state index contributed by atoms with van der Waals surface area (Å²) in [5.41, 5.74) is 4.71. The molecule has 1 amide bonds. The molecule has 2 aromatic rings. The molecule has 2 heterocycles. The zero-order valence-electron chi connectivity index (χ0n) is 14.0. The summed E-state index contributed by atoms with van der Waals surface area (Å²) in [6, 6.07) is 14.0. The lowest BCUT2D eigenvalue weighted by atomic mass is 9.96. The second-order valence-electron chi connectivity index (χ2n) is 6.32. The van der Waals surface area contributed by atoms with Gasteiger partial charge in [0.15, 0.2) is 0 Å². The summed E-state index contributed by atoms with van der Waals surface area (Å²) >= 11 is 3.46. The van der Waals surface area contributed by atoms with Gasteiger partial charge in [-0.3, -0.25) is 9.78 Å². The Hall–Kier alpha value is -2.05. The molecular formula is C19H22BrN4O+. The number of piperidine rings is 1. The molecule has 2 N–H and O–H groups in total. The highest BCUT2D eigenvalue weighted by Gasteiger charge is 2.27. The van der Waals surface area contributed by atoms with Crippen molar-refractivity contribution in [3.63, 3.8) is 0 Å². The average molecular weight is 402 g/mol. The minimum atomic E-state index is 0.00914. The van der Waals surface area contributed by atoms with E-state index in [1.165, 1.54) is 10.5 Å². The quantitative estimate of drug-likeness (QED) is 0.592. The highest BCUT2D eigenvalue weighted by molar-refractivity contribution is 9.10. The number of hydrogen-bond acceptors (Lipinski definition) is 3. The molecule has 0 aliphatic carbocycles. The molecule has 0 unspecified atom stereocenters. The maximum atomic E-state index is 12.2. The van der Waals surface area contributed by atoms with Crippen molar-refractivity contribution in [1.29, 1.82) is 0 Å². The van der Waals surface area contributed by atoms with E-state index < -0.39 is 0 Å². The van der Waals surface area contributed by atoms with E-state index in [1.54, 1.807) is 12.4 Å². The summed E-state index contributed by atoms with van der Waals surface area (Å²) in [5.74, 6) is 0.0597. The van der Waals surface area contributed by atoms with Crippen LogP contribution in [-0.4, -0.2) is 30.2 Å². The van der Waals surface area contributed by atoms with Crippen LogP contribution in [0.25, 0.3) is 0 Å². The Morgan fingerprint density at radius 3 is 2.68 bits per heavy atom. The Morgan fingerprint density at radius 2 is 2.00 bits per heavy atom. The van der Waals surface area contributed by atoms with E-state index in [0.29, 0.717) is 0 Å². The molecule has 1 aromatic heterocycles. The molecule has 1 fully saturated rings. The van der Waals surface area contributed by atoms with Crippen molar-refractivity contribution >= 4 is 28.1 Å². The lowest BCUT2D eigenvalue weighted by Gasteiger charge is -2.28. The number of hydrazone groups is 1. The van der Waals surface area contributed by atoms with Gasteiger partial charge >= 0.3 is 0 Å². The Balaban J connectivity index is 1.43. The molecular weight excluding hydrogens is 380 g/mol. The molecule has 3 rings (SSSR count). The van der Waals surface area contributed by atoms with Gasteiger partial charge in [-0.2, -0.15) is 5.10 Å². The van der Waals surface area contributed by atoms with Crippen LogP contribution in [0.3, 0.4) is 0 Å². The number of quaternary nitrogens is 1. The molecule has 0 spiro atoms. The number of halogens is 1. The summed E-state index contributed by atoms with van der Waals surface area (Å²) in [5, 5.41) is 4.01. The maximum absolute atomic E-state index is 12.2. The van der Waals surface area contributed by atoms with Crippen molar-refractivity contribution in [2.75, 3.05) is 13.1 Å². The predicted molar refractivity (Wildman–Crippen MR) is 101 cm³/mol. The molecule has 0 bridgehead atoms. The number of nitrogens with zero attached hydrogens (tertiary/aromatic N) is 2. The zero-order chi connectivity index (χ0) is 17.5. The van der Waals surface area contributed by atoms with Crippen LogP contribution in [0.4, 0.5) is 0 Å². The third-order valence-corrected chi connectivity index (χ3v) is 5.02. The van der Waals surface area contributed by atoms with Gasteiger partial charge in [0.1, 0.15) is 6.54 Å². The fourth-order valence-electron chi connectivity index (χ4n) is 3.06. The van der Waals surface area contributed by atoms with Gasteiger partial charge in [-0.15, -0.1) is 0 Å². The van der Waals surface area contributed by atoms with Gasteiger partial charge in [0, 0.05) is 29.1 Å². The van der Waals surface area contributed by atoms with Gasteiger partial charge in [-0.1, -0.05) is 34.1 Å². The molecule has 6 heteroatoms. The minimum Gasteiger partial charge on any atom is -0.331 e. The zero-order valence-corrected chi connectivity index (χ0v) is 15.6. The molecule has 25 heavy (non-hydrogen) atoms. The average Bonchev–Trinajstić information content (AvgIpc) is 2.65. The molecule has 130 valence electrons. The first-order chi connectivity index (χ1) is 12.2. The number of likely N-dealkylation sites (tertiary alicyclic amines) is 1. The van der Waals surface area contributed by atoms with Gasteiger partial charge in [-0.05, 0) is 24.3 Å². The highest BCUT2D eigenvalue weighted by atomic mass is 79.9. The standard InChI is InChI=1S/C19H21BrN4O/c20-17-6-4-15(5-7-17)14-24-11-8-16(9-12-24)19(25)23-22-13-18-3-1-2-10-21-18/h1-7,10,13,16H,8-9,11-12,14H2,(H,23,25)/p+1/b22-13-. The Bertz CT molecular complexity index is 710. The summed E-state index contributed by atoms with van der Waals surface area (Å²) < 4.78 is 1.10. The number of benzene rings is 1. The third-order valence-electron chi connectivity index (χ3n) is 4.49. The van der Waals surface area contributed by atoms with Crippen molar-refractivity contribution in [1.82, 2.24) is 10.4 Å². The third kappa shape index (κ3) is 5.47. The first-order valence-corrected chi connectivity index (χ1v) is 9.32. The SMILES string of the molecule is O=C(N/N=C\c1ccccn1)C1CC[NH+](Cc2ccc(Br)cc2)CC1. The van der Waals surface area contributed by atoms with Crippen LogP contribution in [0.15, 0.2) is 58.2 Å². The lowest BCUT2D eigenvalue weighted by Crippen LogP contribution is -3.11. The number of amides is 1. The van der Waals surface area contributed by atoms with E-state index in [0.717, 1.165) is 42.6 Å². The molecule has 0 saturated carbocycles. The number of rotatable bonds is 5. The Labute approximate surface area is 156 Å². The van der Waals surface area contributed by atoms with E-state index in [9.17, 15) is 4.79 Å². The lowest BCUT2D eigenvalue weighted by molar-refractivity contribution is -0.919. The van der Waals surface area contributed by atoms with Crippen LogP contribution in [0, 0.1) is 5.92 Å². The summed E-state index contributed by atoms with van der Waals surface area (Å²) in [6.07, 6.45) is 5.08. The summed E-state index contributed by atoms with van der Waals surface area (Å²) in [6.45, 7) is 3.04. The van der Waals surface area contributed by atoms with Gasteiger partial charge in [0.2, 0.25) is 5.91 Å². The molecule has 0 atom stereocenters. The molecule has 0 radical (unpaired) electrons. The van der Waals surface area contributed by atoms with Crippen LogP contribution in [0.5, 0.6) is 0 Å². The number of aromatic nitrogens is 1. The molecule has 5 nitrogen and oxygen atoms in total. The number of carbonyl (C=O) groups excluding carboxylic acids is 1.